The summed E-state index contributed by atoms with van der Waals surface area (Å²) < 4.78 is 13.1. The largest absolute Gasteiger partial charge is 0.331 e. The molecular weight excluding hydrogens is 325 g/mol. The molecule has 4 nitrogen and oxygen atoms in total. The van der Waals surface area contributed by atoms with E-state index < -0.39 is 0 Å². The standard InChI is InChI=1S/C18H20FN3OS/c19-14-7-5-12(6-8-14)15(11-1-2-11)21-18(23)22-16(13-3-4-13)17-20-9-10-24-17/h5-11,13,15-16H,1-4H2,(H2,21,22,23)/t15-,16-/m0/s1. The van der Waals surface area contributed by atoms with Crippen molar-refractivity contribution >= 4 is 17.4 Å². The van der Waals surface area contributed by atoms with Gasteiger partial charge in [0.05, 0.1) is 12.1 Å². The number of amides is 2. The Bertz CT molecular complexity index is 696. The molecule has 0 bridgehead atoms. The van der Waals surface area contributed by atoms with Crippen LogP contribution in [-0.4, -0.2) is 11.0 Å². The van der Waals surface area contributed by atoms with Crippen LogP contribution in [0.5, 0.6) is 0 Å². The van der Waals surface area contributed by atoms with Crippen LogP contribution in [0.2, 0.25) is 0 Å². The zero-order valence-electron chi connectivity index (χ0n) is 13.2. The van der Waals surface area contributed by atoms with E-state index in [2.05, 4.69) is 15.6 Å². The molecule has 2 atom stereocenters. The number of thiazole rings is 1. The molecule has 2 N–H and O–H groups in total. The van der Waals surface area contributed by atoms with E-state index in [0.29, 0.717) is 11.8 Å². The van der Waals surface area contributed by atoms with Crippen LogP contribution in [0.4, 0.5) is 9.18 Å². The maximum atomic E-state index is 13.1. The lowest BCUT2D eigenvalue weighted by atomic mass is 10.0. The van der Waals surface area contributed by atoms with Crippen LogP contribution in [0.3, 0.4) is 0 Å². The highest BCUT2D eigenvalue weighted by molar-refractivity contribution is 7.09. The van der Waals surface area contributed by atoms with E-state index in [4.69, 9.17) is 0 Å². The molecule has 126 valence electrons. The average Bonchev–Trinajstić information content (AvgIpc) is 3.50. The highest BCUT2D eigenvalue weighted by Gasteiger charge is 2.37. The summed E-state index contributed by atoms with van der Waals surface area (Å²) in [5.41, 5.74) is 0.964. The summed E-state index contributed by atoms with van der Waals surface area (Å²) in [6, 6.07) is 6.21. The first-order valence-electron chi connectivity index (χ1n) is 8.42. The highest BCUT2D eigenvalue weighted by Crippen LogP contribution is 2.43. The lowest BCUT2D eigenvalue weighted by Gasteiger charge is -2.22. The van der Waals surface area contributed by atoms with Gasteiger partial charge in [0.2, 0.25) is 0 Å². The van der Waals surface area contributed by atoms with E-state index in [-0.39, 0.29) is 23.9 Å². The van der Waals surface area contributed by atoms with Crippen molar-refractivity contribution in [2.45, 2.75) is 37.8 Å². The number of rotatable bonds is 6. The van der Waals surface area contributed by atoms with Crippen LogP contribution in [0.25, 0.3) is 0 Å². The molecule has 0 spiro atoms. The fourth-order valence-electron chi connectivity index (χ4n) is 3.10. The second-order valence-corrected chi connectivity index (χ2v) is 7.60. The Morgan fingerprint density at radius 2 is 1.71 bits per heavy atom. The summed E-state index contributed by atoms with van der Waals surface area (Å²) in [4.78, 5) is 16.9. The van der Waals surface area contributed by atoms with Gasteiger partial charge in [-0.05, 0) is 55.2 Å². The smallest absolute Gasteiger partial charge is 0.315 e. The predicted molar refractivity (Wildman–Crippen MR) is 91.1 cm³/mol. The number of nitrogens with one attached hydrogen (secondary N) is 2. The van der Waals surface area contributed by atoms with Gasteiger partial charge in [0, 0.05) is 11.6 Å². The highest BCUT2D eigenvalue weighted by atomic mass is 32.1. The molecule has 0 saturated heterocycles. The minimum absolute atomic E-state index is 0.00179. The van der Waals surface area contributed by atoms with Gasteiger partial charge in [-0.1, -0.05) is 12.1 Å². The number of nitrogens with zero attached hydrogens (tertiary/aromatic N) is 1. The molecule has 0 unspecified atom stereocenters. The molecule has 0 radical (unpaired) electrons. The Morgan fingerprint density at radius 3 is 2.29 bits per heavy atom. The Kier molecular flexibility index (Phi) is 4.22. The molecule has 2 aliphatic carbocycles. The second kappa shape index (κ2) is 6.51. The molecule has 6 heteroatoms. The third-order valence-electron chi connectivity index (χ3n) is 4.71. The molecule has 4 rings (SSSR count). The minimum Gasteiger partial charge on any atom is -0.331 e. The van der Waals surface area contributed by atoms with Gasteiger partial charge in [-0.25, -0.2) is 14.2 Å². The third kappa shape index (κ3) is 3.59. The molecule has 24 heavy (non-hydrogen) atoms. The zero-order chi connectivity index (χ0) is 16.5. The number of benzene rings is 1. The van der Waals surface area contributed by atoms with Gasteiger partial charge in [-0.15, -0.1) is 11.3 Å². The average molecular weight is 345 g/mol. The monoisotopic (exact) mass is 345 g/mol. The first-order valence-corrected chi connectivity index (χ1v) is 9.30. The van der Waals surface area contributed by atoms with Crippen molar-refractivity contribution in [3.63, 3.8) is 0 Å². The lowest BCUT2D eigenvalue weighted by molar-refractivity contribution is 0.230. The maximum absolute atomic E-state index is 13.1. The summed E-state index contributed by atoms with van der Waals surface area (Å²) in [5, 5.41) is 9.10. The van der Waals surface area contributed by atoms with Gasteiger partial charge in [0.15, 0.2) is 0 Å². The van der Waals surface area contributed by atoms with Crippen LogP contribution in [0.15, 0.2) is 35.8 Å². The molecule has 1 aromatic heterocycles. The number of hydrogen-bond acceptors (Lipinski definition) is 3. The van der Waals surface area contributed by atoms with Gasteiger partial charge < -0.3 is 10.6 Å². The minimum atomic E-state index is -0.254. The second-order valence-electron chi connectivity index (χ2n) is 6.67. The molecule has 1 aromatic carbocycles. The molecule has 2 saturated carbocycles. The summed E-state index contributed by atoms with van der Waals surface area (Å²) in [6.45, 7) is 0. The SMILES string of the molecule is O=C(N[C@H](c1ccc(F)cc1)C1CC1)N[C@H](c1nccs1)C1CC1. The predicted octanol–water partition coefficient (Wildman–Crippen LogP) is 4.18. The van der Waals surface area contributed by atoms with Crippen LogP contribution in [-0.2, 0) is 0 Å². The lowest BCUT2D eigenvalue weighted by Crippen LogP contribution is -2.41. The van der Waals surface area contributed by atoms with E-state index in [1.54, 1.807) is 29.7 Å². The van der Waals surface area contributed by atoms with Crippen molar-refractivity contribution in [1.29, 1.82) is 0 Å². The van der Waals surface area contributed by atoms with Crippen molar-refractivity contribution in [2.75, 3.05) is 0 Å². The van der Waals surface area contributed by atoms with E-state index in [9.17, 15) is 9.18 Å². The molecular formula is C18H20FN3OS. The van der Waals surface area contributed by atoms with Crippen molar-refractivity contribution in [3.8, 4) is 0 Å². The topological polar surface area (TPSA) is 54.0 Å². The first kappa shape index (κ1) is 15.6. The van der Waals surface area contributed by atoms with Crippen molar-refractivity contribution < 1.29 is 9.18 Å². The normalized spacial score (nSPS) is 19.5. The van der Waals surface area contributed by atoms with Crippen molar-refractivity contribution in [2.24, 2.45) is 11.8 Å². The summed E-state index contributed by atoms with van der Waals surface area (Å²) in [5.74, 6) is 0.683. The van der Waals surface area contributed by atoms with Gasteiger partial charge in [-0.2, -0.15) is 0 Å². The maximum Gasteiger partial charge on any atom is 0.315 e. The zero-order valence-corrected chi connectivity index (χ0v) is 14.1. The Hall–Kier alpha value is -1.95. The van der Waals surface area contributed by atoms with E-state index in [1.165, 1.54) is 12.1 Å². The van der Waals surface area contributed by atoms with Crippen LogP contribution in [0.1, 0.15) is 48.3 Å². The molecule has 2 amide bonds. The quantitative estimate of drug-likeness (QED) is 0.825. The Morgan fingerprint density at radius 1 is 1.08 bits per heavy atom. The van der Waals surface area contributed by atoms with Crippen LogP contribution < -0.4 is 10.6 Å². The molecule has 0 aliphatic heterocycles. The summed E-state index contributed by atoms with van der Waals surface area (Å²) in [6.07, 6.45) is 6.24. The number of urea groups is 1. The van der Waals surface area contributed by atoms with Gasteiger partial charge in [0.1, 0.15) is 10.8 Å². The summed E-state index contributed by atoms with van der Waals surface area (Å²) in [7, 11) is 0. The Labute approximate surface area is 144 Å². The van der Waals surface area contributed by atoms with E-state index >= 15 is 0 Å². The number of hydrogen-bond donors (Lipinski definition) is 2. The Balaban J connectivity index is 1.44. The molecule has 1 heterocycles. The molecule has 2 aliphatic rings. The summed E-state index contributed by atoms with van der Waals surface area (Å²) >= 11 is 1.58. The van der Waals surface area contributed by atoms with E-state index in [1.807, 2.05) is 5.38 Å². The molecule has 2 aromatic rings. The number of carbonyl (C=O) groups excluding carboxylic acids is 1. The van der Waals surface area contributed by atoms with Crippen LogP contribution in [0, 0.1) is 17.7 Å². The van der Waals surface area contributed by atoms with Gasteiger partial charge >= 0.3 is 6.03 Å². The third-order valence-corrected chi connectivity index (χ3v) is 5.57. The van der Waals surface area contributed by atoms with Crippen molar-refractivity contribution in [1.82, 2.24) is 15.6 Å². The van der Waals surface area contributed by atoms with Crippen LogP contribution >= 0.6 is 11.3 Å². The number of aromatic nitrogens is 1. The van der Waals surface area contributed by atoms with Gasteiger partial charge in [0.25, 0.3) is 0 Å². The number of carbonyl (C=O) groups is 1. The van der Waals surface area contributed by atoms with Gasteiger partial charge in [-0.3, -0.25) is 0 Å². The first-order chi connectivity index (χ1) is 11.7. The van der Waals surface area contributed by atoms with Crippen molar-refractivity contribution in [3.05, 3.63) is 52.2 Å². The van der Waals surface area contributed by atoms with E-state index in [0.717, 1.165) is 36.3 Å². The number of halogens is 1. The fraction of sp³-hybridized carbons (Fsp3) is 0.444. The molecule has 2 fully saturated rings. The fourth-order valence-corrected chi connectivity index (χ4v) is 3.88.